The molecule has 1 aliphatic heterocycles. The molecule has 2 aromatic rings. The first-order valence-corrected chi connectivity index (χ1v) is 9.68. The number of amidine groups is 1. The van der Waals surface area contributed by atoms with Crippen molar-refractivity contribution in [1.29, 1.82) is 0 Å². The van der Waals surface area contributed by atoms with Gasteiger partial charge in [-0.2, -0.15) is 0 Å². The number of para-hydroxylation sites is 2. The van der Waals surface area contributed by atoms with E-state index < -0.39 is 5.82 Å². The maximum Gasteiger partial charge on any atom is 0.203 e. The molecule has 0 saturated carbocycles. The van der Waals surface area contributed by atoms with Gasteiger partial charge in [0.1, 0.15) is 11.6 Å². The molecule has 2 N–H and O–H groups in total. The molecule has 0 aliphatic carbocycles. The van der Waals surface area contributed by atoms with Crippen LogP contribution in [0.2, 0.25) is 0 Å². The Bertz CT molecular complexity index is 883. The number of carbonyl (C=O) groups is 1. The molecule has 0 spiro atoms. The monoisotopic (exact) mass is 449 g/mol. The second kappa shape index (κ2) is 9.16. The number of rotatable bonds is 5. The first-order chi connectivity index (χ1) is 13.5. The van der Waals surface area contributed by atoms with Crippen LogP contribution in [-0.4, -0.2) is 37.0 Å². The Labute approximate surface area is 171 Å². The molecule has 6 nitrogen and oxygen atoms in total. The third-order valence-electron chi connectivity index (χ3n) is 4.77. The first-order valence-electron chi connectivity index (χ1n) is 8.89. The molecule has 1 saturated heterocycles. The van der Waals surface area contributed by atoms with Crippen molar-refractivity contribution in [3.05, 3.63) is 52.8 Å². The average molecular weight is 450 g/mol. The van der Waals surface area contributed by atoms with E-state index in [0.29, 0.717) is 31.6 Å². The fourth-order valence-corrected chi connectivity index (χ4v) is 3.65. The molecule has 0 aromatic heterocycles. The number of halogens is 2. The summed E-state index contributed by atoms with van der Waals surface area (Å²) in [4.78, 5) is 19.1. The quantitative estimate of drug-likeness (QED) is 0.408. The summed E-state index contributed by atoms with van der Waals surface area (Å²) < 4.78 is 19.0. The van der Waals surface area contributed by atoms with Gasteiger partial charge in [0.05, 0.1) is 23.0 Å². The molecule has 28 heavy (non-hydrogen) atoms. The first kappa shape index (κ1) is 20.3. The fraction of sp³-hybridized carbons (Fsp3) is 0.300. The number of anilines is 1. The second-order valence-electron chi connectivity index (χ2n) is 6.47. The molecular weight excluding hydrogens is 429 g/mol. The van der Waals surface area contributed by atoms with Crippen LogP contribution in [0, 0.1) is 11.7 Å². The van der Waals surface area contributed by atoms with Crippen molar-refractivity contribution in [3.63, 3.8) is 0 Å². The van der Waals surface area contributed by atoms with E-state index in [9.17, 15) is 14.4 Å². The van der Waals surface area contributed by atoms with Crippen molar-refractivity contribution in [2.24, 2.45) is 10.9 Å². The minimum atomic E-state index is -0.424. The number of ether oxygens (including phenoxy) is 1. The zero-order valence-electron chi connectivity index (χ0n) is 15.4. The summed E-state index contributed by atoms with van der Waals surface area (Å²) in [6, 6.07) is 11.9. The van der Waals surface area contributed by atoms with Crippen molar-refractivity contribution in [1.82, 2.24) is 5.48 Å². The maximum atomic E-state index is 13.4. The molecule has 3 rings (SSSR count). The molecule has 8 heteroatoms. The molecule has 1 fully saturated rings. The van der Waals surface area contributed by atoms with E-state index >= 15 is 0 Å². The van der Waals surface area contributed by atoms with Gasteiger partial charge < -0.3 is 9.64 Å². The van der Waals surface area contributed by atoms with E-state index in [-0.39, 0.29) is 22.0 Å². The van der Waals surface area contributed by atoms with E-state index in [0.717, 1.165) is 11.4 Å². The zero-order valence-corrected chi connectivity index (χ0v) is 16.9. The lowest BCUT2D eigenvalue weighted by molar-refractivity contribution is -0.117. The van der Waals surface area contributed by atoms with Crippen LogP contribution in [0.15, 0.2) is 51.9 Å². The van der Waals surface area contributed by atoms with Crippen LogP contribution in [0.5, 0.6) is 5.75 Å². The van der Waals surface area contributed by atoms with Gasteiger partial charge in [0.15, 0.2) is 5.84 Å². The predicted molar refractivity (Wildman–Crippen MR) is 109 cm³/mol. The van der Waals surface area contributed by atoms with E-state index in [1.54, 1.807) is 7.11 Å². The lowest BCUT2D eigenvalue weighted by atomic mass is 9.91. The minimum Gasteiger partial charge on any atom is -0.495 e. The molecule has 0 amide bonds. The standard InChI is InChI=1S/C20H21BrFN3O3/c1-28-18-5-3-2-4-17(18)25-10-8-13(9-11-25)19(26)20(24-27)23-14-6-7-16(22)15(21)12-14/h2-7,12-13,27H,8-11H2,1H3,(H,23,24). The third-order valence-corrected chi connectivity index (χ3v) is 5.38. The van der Waals surface area contributed by atoms with Crippen LogP contribution in [-0.2, 0) is 4.79 Å². The number of aliphatic imine (C=N–C) groups is 1. The van der Waals surface area contributed by atoms with Gasteiger partial charge in [0, 0.05) is 19.0 Å². The Morgan fingerprint density at radius 2 is 2.00 bits per heavy atom. The number of benzene rings is 2. The number of hydroxylamine groups is 1. The number of Topliss-reactive ketones (excluding diaryl/α,β-unsaturated/α-hetero) is 1. The Hall–Kier alpha value is -2.45. The Morgan fingerprint density at radius 1 is 1.29 bits per heavy atom. The lowest BCUT2D eigenvalue weighted by Crippen LogP contribution is -2.41. The second-order valence-corrected chi connectivity index (χ2v) is 7.32. The summed E-state index contributed by atoms with van der Waals surface area (Å²) in [6.07, 6.45) is 1.26. The predicted octanol–water partition coefficient (Wildman–Crippen LogP) is 4.09. The number of hydrogen-bond acceptors (Lipinski definition) is 5. The average Bonchev–Trinajstić information content (AvgIpc) is 2.74. The highest BCUT2D eigenvalue weighted by Gasteiger charge is 2.29. The van der Waals surface area contributed by atoms with Gasteiger partial charge in [0.2, 0.25) is 5.78 Å². The van der Waals surface area contributed by atoms with Gasteiger partial charge in [0.25, 0.3) is 0 Å². The molecular formula is C20H21BrFN3O3. The third kappa shape index (κ3) is 4.51. The number of nitrogens with zero attached hydrogens (tertiary/aromatic N) is 2. The molecule has 0 atom stereocenters. The molecule has 0 unspecified atom stereocenters. The van der Waals surface area contributed by atoms with Crippen molar-refractivity contribution < 1.29 is 19.1 Å². The number of ketones is 1. The highest BCUT2D eigenvalue weighted by molar-refractivity contribution is 9.10. The molecule has 0 bridgehead atoms. The SMILES string of the molecule is COc1ccccc1N1CCC(C(=O)C(=Nc2ccc(F)c(Br)c2)NO)CC1. The minimum absolute atomic E-state index is 0.144. The van der Waals surface area contributed by atoms with E-state index in [1.807, 2.05) is 29.7 Å². The summed E-state index contributed by atoms with van der Waals surface area (Å²) in [6.45, 7) is 1.38. The largest absolute Gasteiger partial charge is 0.495 e. The Kier molecular flexibility index (Phi) is 6.64. The summed E-state index contributed by atoms with van der Waals surface area (Å²) >= 11 is 3.08. The van der Waals surface area contributed by atoms with Crippen LogP contribution in [0.3, 0.4) is 0 Å². The summed E-state index contributed by atoms with van der Waals surface area (Å²) in [5.74, 6) is -0.286. The fourth-order valence-electron chi connectivity index (χ4n) is 3.29. The van der Waals surface area contributed by atoms with Crippen molar-refractivity contribution in [2.45, 2.75) is 12.8 Å². The highest BCUT2D eigenvalue weighted by Crippen LogP contribution is 2.31. The van der Waals surface area contributed by atoms with Crippen LogP contribution in [0.25, 0.3) is 0 Å². The molecule has 1 heterocycles. The van der Waals surface area contributed by atoms with Crippen LogP contribution in [0.1, 0.15) is 12.8 Å². The highest BCUT2D eigenvalue weighted by atomic mass is 79.9. The normalized spacial score (nSPS) is 15.4. The number of methoxy groups -OCH3 is 1. The maximum absolute atomic E-state index is 13.4. The van der Waals surface area contributed by atoms with Crippen LogP contribution < -0.4 is 15.1 Å². The van der Waals surface area contributed by atoms with Gasteiger partial charge in [-0.1, -0.05) is 12.1 Å². The summed E-state index contributed by atoms with van der Waals surface area (Å²) in [5.41, 5.74) is 3.27. The van der Waals surface area contributed by atoms with Gasteiger partial charge in [-0.05, 0) is 59.1 Å². The topological polar surface area (TPSA) is 74.2 Å². The number of carbonyl (C=O) groups excluding carboxylic acids is 1. The molecule has 1 aliphatic rings. The van der Waals surface area contributed by atoms with E-state index in [2.05, 4.69) is 25.8 Å². The van der Waals surface area contributed by atoms with Crippen LogP contribution in [0.4, 0.5) is 15.8 Å². The molecule has 0 radical (unpaired) electrons. The Morgan fingerprint density at radius 3 is 2.64 bits per heavy atom. The van der Waals surface area contributed by atoms with E-state index in [4.69, 9.17) is 4.74 Å². The van der Waals surface area contributed by atoms with Crippen molar-refractivity contribution in [3.8, 4) is 5.75 Å². The van der Waals surface area contributed by atoms with Crippen LogP contribution >= 0.6 is 15.9 Å². The number of nitrogens with one attached hydrogen (secondary N) is 1. The van der Waals surface area contributed by atoms with Gasteiger partial charge in [-0.3, -0.25) is 10.0 Å². The lowest BCUT2D eigenvalue weighted by Gasteiger charge is -2.33. The number of piperidine rings is 1. The molecule has 148 valence electrons. The Balaban J connectivity index is 1.69. The van der Waals surface area contributed by atoms with Gasteiger partial charge in [-0.15, -0.1) is 0 Å². The van der Waals surface area contributed by atoms with Gasteiger partial charge in [-0.25, -0.2) is 14.9 Å². The number of hydrogen-bond donors (Lipinski definition) is 2. The molecule has 2 aromatic carbocycles. The summed E-state index contributed by atoms with van der Waals surface area (Å²) in [5, 5.41) is 9.40. The van der Waals surface area contributed by atoms with Gasteiger partial charge >= 0.3 is 0 Å². The zero-order chi connectivity index (χ0) is 20.1. The smallest absolute Gasteiger partial charge is 0.203 e. The summed E-state index contributed by atoms with van der Waals surface area (Å²) in [7, 11) is 1.64. The van der Waals surface area contributed by atoms with E-state index in [1.165, 1.54) is 18.2 Å². The van der Waals surface area contributed by atoms with Crippen molar-refractivity contribution in [2.75, 3.05) is 25.1 Å². The van der Waals surface area contributed by atoms with Crippen molar-refractivity contribution >= 4 is 38.9 Å².